The van der Waals surface area contributed by atoms with Gasteiger partial charge in [0.05, 0.1) is 11.2 Å². The SMILES string of the molecule is O=C(O)c1cc2c([nH]c3ccccc32)c(-c2cccc3ccccc23)n1. The molecule has 0 saturated heterocycles. The van der Waals surface area contributed by atoms with Crippen LogP contribution < -0.4 is 0 Å². The molecule has 0 radical (unpaired) electrons. The highest BCUT2D eigenvalue weighted by Gasteiger charge is 2.17. The first-order valence-electron chi connectivity index (χ1n) is 8.35. The Labute approximate surface area is 148 Å². The first kappa shape index (κ1) is 14.7. The van der Waals surface area contributed by atoms with Gasteiger partial charge in [-0.05, 0) is 22.9 Å². The Morgan fingerprint density at radius 3 is 2.42 bits per heavy atom. The molecule has 0 aliphatic carbocycles. The average molecular weight is 338 g/mol. The van der Waals surface area contributed by atoms with Crippen molar-refractivity contribution < 1.29 is 9.90 Å². The number of para-hydroxylation sites is 1. The summed E-state index contributed by atoms with van der Waals surface area (Å²) in [4.78, 5) is 19.6. The number of rotatable bonds is 2. The first-order valence-corrected chi connectivity index (χ1v) is 8.35. The molecular weight excluding hydrogens is 324 g/mol. The molecule has 124 valence electrons. The minimum Gasteiger partial charge on any atom is -0.477 e. The Morgan fingerprint density at radius 1 is 0.846 bits per heavy atom. The molecule has 2 aromatic heterocycles. The van der Waals surface area contributed by atoms with Gasteiger partial charge in [0.25, 0.3) is 0 Å². The Hall–Kier alpha value is -3.66. The number of carboxylic acid groups (broad SMARTS) is 1. The van der Waals surface area contributed by atoms with Crippen LogP contribution in [0.1, 0.15) is 10.5 Å². The third-order valence-electron chi connectivity index (χ3n) is 4.76. The van der Waals surface area contributed by atoms with E-state index in [1.165, 1.54) is 0 Å². The largest absolute Gasteiger partial charge is 0.477 e. The van der Waals surface area contributed by atoms with Crippen LogP contribution in [-0.2, 0) is 0 Å². The van der Waals surface area contributed by atoms with Crippen molar-refractivity contribution in [2.45, 2.75) is 0 Å². The lowest BCUT2D eigenvalue weighted by molar-refractivity contribution is 0.0691. The quantitative estimate of drug-likeness (QED) is 0.463. The minimum absolute atomic E-state index is 0.0465. The van der Waals surface area contributed by atoms with Gasteiger partial charge in [0.1, 0.15) is 5.69 Å². The second-order valence-electron chi connectivity index (χ2n) is 6.28. The van der Waals surface area contributed by atoms with Gasteiger partial charge in [-0.2, -0.15) is 0 Å². The van der Waals surface area contributed by atoms with E-state index in [0.29, 0.717) is 5.69 Å². The van der Waals surface area contributed by atoms with Crippen molar-refractivity contribution in [3.05, 3.63) is 78.5 Å². The summed E-state index contributed by atoms with van der Waals surface area (Å²) in [6.45, 7) is 0. The molecule has 0 spiro atoms. The number of nitrogens with one attached hydrogen (secondary N) is 1. The second-order valence-corrected chi connectivity index (χ2v) is 6.28. The van der Waals surface area contributed by atoms with Gasteiger partial charge in [-0.1, -0.05) is 60.7 Å². The van der Waals surface area contributed by atoms with Crippen LogP contribution in [0.25, 0.3) is 43.8 Å². The van der Waals surface area contributed by atoms with Crippen molar-refractivity contribution in [2.24, 2.45) is 0 Å². The lowest BCUT2D eigenvalue weighted by Crippen LogP contribution is -2.02. The predicted molar refractivity (Wildman–Crippen MR) is 104 cm³/mol. The summed E-state index contributed by atoms with van der Waals surface area (Å²) in [5, 5.41) is 13.6. The van der Waals surface area contributed by atoms with Crippen molar-refractivity contribution in [3.8, 4) is 11.3 Å². The van der Waals surface area contributed by atoms with Crippen molar-refractivity contribution in [2.75, 3.05) is 0 Å². The number of benzene rings is 3. The van der Waals surface area contributed by atoms with Gasteiger partial charge in [-0.3, -0.25) is 0 Å². The van der Waals surface area contributed by atoms with Gasteiger partial charge >= 0.3 is 5.97 Å². The van der Waals surface area contributed by atoms with Crippen LogP contribution in [0, 0.1) is 0 Å². The smallest absolute Gasteiger partial charge is 0.354 e. The molecule has 4 nitrogen and oxygen atoms in total. The van der Waals surface area contributed by atoms with Gasteiger partial charge in [-0.25, -0.2) is 9.78 Å². The van der Waals surface area contributed by atoms with E-state index < -0.39 is 5.97 Å². The summed E-state index contributed by atoms with van der Waals surface area (Å²) in [5.74, 6) is -1.03. The number of aromatic carboxylic acids is 1. The summed E-state index contributed by atoms with van der Waals surface area (Å²) in [6.07, 6.45) is 0. The van der Waals surface area contributed by atoms with E-state index in [4.69, 9.17) is 0 Å². The number of fused-ring (bicyclic) bond motifs is 4. The monoisotopic (exact) mass is 338 g/mol. The highest BCUT2D eigenvalue weighted by atomic mass is 16.4. The Bertz CT molecular complexity index is 1310. The van der Waals surface area contributed by atoms with Gasteiger partial charge in [0.15, 0.2) is 0 Å². The lowest BCUT2D eigenvalue weighted by atomic mass is 10.00. The Morgan fingerprint density at radius 2 is 1.58 bits per heavy atom. The fraction of sp³-hybridized carbons (Fsp3) is 0. The molecule has 0 fully saturated rings. The maximum atomic E-state index is 11.7. The second kappa shape index (κ2) is 5.43. The molecule has 0 amide bonds. The van der Waals surface area contributed by atoms with Crippen LogP contribution in [-0.4, -0.2) is 21.0 Å². The molecule has 26 heavy (non-hydrogen) atoms. The van der Waals surface area contributed by atoms with Gasteiger partial charge in [-0.15, -0.1) is 0 Å². The van der Waals surface area contributed by atoms with Crippen molar-refractivity contribution in [1.82, 2.24) is 9.97 Å². The van der Waals surface area contributed by atoms with Gasteiger partial charge < -0.3 is 10.1 Å². The van der Waals surface area contributed by atoms with Gasteiger partial charge in [0, 0.05) is 21.9 Å². The molecule has 0 aliphatic rings. The molecule has 0 unspecified atom stereocenters. The van der Waals surface area contributed by atoms with E-state index in [0.717, 1.165) is 38.1 Å². The Kier molecular flexibility index (Phi) is 3.06. The van der Waals surface area contributed by atoms with E-state index in [1.54, 1.807) is 6.07 Å². The third-order valence-corrected chi connectivity index (χ3v) is 4.76. The summed E-state index contributed by atoms with van der Waals surface area (Å²) in [6, 6.07) is 23.6. The lowest BCUT2D eigenvalue weighted by Gasteiger charge is -2.08. The van der Waals surface area contributed by atoms with Crippen LogP contribution in [0.2, 0.25) is 0 Å². The number of carboxylic acids is 1. The number of hydrogen-bond donors (Lipinski definition) is 2. The van der Waals surface area contributed by atoms with E-state index in [1.807, 2.05) is 66.7 Å². The number of pyridine rings is 1. The molecule has 0 saturated carbocycles. The van der Waals surface area contributed by atoms with Crippen LogP contribution >= 0.6 is 0 Å². The zero-order chi connectivity index (χ0) is 17.7. The van der Waals surface area contributed by atoms with E-state index >= 15 is 0 Å². The molecule has 0 atom stereocenters. The number of H-pyrrole nitrogens is 1. The highest BCUT2D eigenvalue weighted by molar-refractivity contribution is 6.14. The fourth-order valence-electron chi connectivity index (χ4n) is 3.58. The average Bonchev–Trinajstić information content (AvgIpc) is 3.05. The zero-order valence-electron chi connectivity index (χ0n) is 13.7. The van der Waals surface area contributed by atoms with Crippen LogP contribution in [0.5, 0.6) is 0 Å². The van der Waals surface area contributed by atoms with Crippen LogP contribution in [0.4, 0.5) is 0 Å². The summed E-state index contributed by atoms with van der Waals surface area (Å²) >= 11 is 0. The number of carbonyl (C=O) groups is 1. The molecular formula is C22H14N2O2. The highest BCUT2D eigenvalue weighted by Crippen LogP contribution is 2.35. The van der Waals surface area contributed by atoms with Crippen molar-refractivity contribution >= 4 is 38.5 Å². The van der Waals surface area contributed by atoms with E-state index in [9.17, 15) is 9.90 Å². The first-order chi connectivity index (χ1) is 12.7. The Balaban J connectivity index is 1.96. The van der Waals surface area contributed by atoms with Crippen molar-refractivity contribution in [1.29, 1.82) is 0 Å². The summed E-state index contributed by atoms with van der Waals surface area (Å²) in [7, 11) is 0. The molecule has 0 aliphatic heterocycles. The van der Waals surface area contributed by atoms with Crippen molar-refractivity contribution in [3.63, 3.8) is 0 Å². The number of hydrogen-bond acceptors (Lipinski definition) is 2. The van der Waals surface area contributed by atoms with Crippen LogP contribution in [0.15, 0.2) is 72.8 Å². The number of nitrogens with zero attached hydrogens (tertiary/aromatic N) is 1. The third kappa shape index (κ3) is 2.09. The minimum atomic E-state index is -1.03. The number of aromatic amines is 1. The molecule has 0 bridgehead atoms. The standard InChI is InChI=1S/C22H14N2O2/c25-22(26)19-12-17-15-9-3-4-11-18(15)23-21(17)20(24-19)16-10-5-7-13-6-1-2-8-14(13)16/h1-12,23H,(H,25,26). The molecule has 2 heterocycles. The van der Waals surface area contributed by atoms with Gasteiger partial charge in [0.2, 0.25) is 0 Å². The predicted octanol–water partition coefficient (Wildman–Crippen LogP) is 5.23. The topological polar surface area (TPSA) is 66.0 Å². The zero-order valence-corrected chi connectivity index (χ0v) is 13.7. The molecule has 3 aromatic carbocycles. The number of aromatic nitrogens is 2. The summed E-state index contributed by atoms with van der Waals surface area (Å²) in [5.41, 5.74) is 3.45. The molecule has 4 heteroatoms. The maximum absolute atomic E-state index is 11.7. The van der Waals surface area contributed by atoms with E-state index in [2.05, 4.69) is 9.97 Å². The molecule has 2 N–H and O–H groups in total. The molecule has 5 aromatic rings. The van der Waals surface area contributed by atoms with Crippen LogP contribution in [0.3, 0.4) is 0 Å². The van der Waals surface area contributed by atoms with E-state index in [-0.39, 0.29) is 5.69 Å². The molecule has 5 rings (SSSR count). The maximum Gasteiger partial charge on any atom is 0.354 e. The fourth-order valence-corrected chi connectivity index (χ4v) is 3.58. The summed E-state index contributed by atoms with van der Waals surface area (Å²) < 4.78 is 0. The normalized spacial score (nSPS) is 11.4.